The number of piperidine rings is 1. The molecule has 12 heteroatoms. The van der Waals surface area contributed by atoms with Crippen molar-refractivity contribution in [1.82, 2.24) is 24.6 Å². The zero-order valence-corrected chi connectivity index (χ0v) is 25.0. The molecule has 224 valence electrons. The van der Waals surface area contributed by atoms with Gasteiger partial charge in [0, 0.05) is 36.8 Å². The van der Waals surface area contributed by atoms with E-state index in [2.05, 4.69) is 33.0 Å². The lowest BCUT2D eigenvalue weighted by Crippen LogP contribution is -2.40. The molecule has 0 radical (unpaired) electrons. The zero-order valence-electron chi connectivity index (χ0n) is 25.0. The first-order valence-corrected chi connectivity index (χ1v) is 14.0. The Labute approximate surface area is 249 Å². The molecule has 0 amide bonds. The number of carbonyl (C=O) groups excluding carboxylic acids is 1. The monoisotopic (exact) mass is 585 g/mol. The molecular weight excluding hydrogens is 550 g/mol. The molecule has 1 aliphatic heterocycles. The lowest BCUT2D eigenvalue weighted by atomic mass is 9.76. The number of hydrogen-bond donors (Lipinski definition) is 1. The van der Waals surface area contributed by atoms with Gasteiger partial charge in [0.15, 0.2) is 0 Å². The highest BCUT2D eigenvalue weighted by atomic mass is 16.5. The van der Waals surface area contributed by atoms with E-state index in [4.69, 9.17) is 19.2 Å². The van der Waals surface area contributed by atoms with E-state index in [1.807, 2.05) is 18.2 Å². The molecule has 0 spiro atoms. The minimum absolute atomic E-state index is 0.0958. The molecule has 0 atom stereocenters. The number of carbonyl (C=O) groups is 1. The molecule has 4 aromatic heterocycles. The van der Waals surface area contributed by atoms with E-state index < -0.39 is 5.60 Å². The Morgan fingerprint density at radius 3 is 2.40 bits per heavy atom. The fraction of sp³-hybridized carbons (Fsp3) is 0.419. The van der Waals surface area contributed by atoms with Crippen LogP contribution in [0, 0.1) is 16.7 Å². The molecule has 1 N–H and O–H groups in total. The average Bonchev–Trinajstić information content (AvgIpc) is 3.42. The summed E-state index contributed by atoms with van der Waals surface area (Å²) in [5.41, 5.74) is 1.44. The van der Waals surface area contributed by atoms with Crippen LogP contribution >= 0.6 is 0 Å². The van der Waals surface area contributed by atoms with Crippen LogP contribution in [0.15, 0.2) is 42.9 Å². The predicted molar refractivity (Wildman–Crippen MR) is 159 cm³/mol. The van der Waals surface area contributed by atoms with Crippen LogP contribution < -0.4 is 19.1 Å². The molecule has 0 saturated carbocycles. The van der Waals surface area contributed by atoms with E-state index in [9.17, 15) is 15.2 Å². The number of anilines is 1. The Hall–Kier alpha value is -4.76. The van der Waals surface area contributed by atoms with E-state index in [1.165, 1.54) is 20.4 Å². The molecular formula is C31H35N7O5. The van der Waals surface area contributed by atoms with Crippen LogP contribution in [-0.2, 0) is 0 Å². The van der Waals surface area contributed by atoms with Crippen LogP contribution in [0.4, 0.5) is 5.82 Å². The summed E-state index contributed by atoms with van der Waals surface area (Å²) in [7, 11) is 2.97. The molecule has 5 rings (SSSR count). The van der Waals surface area contributed by atoms with Gasteiger partial charge in [-0.3, -0.25) is 4.79 Å². The number of methoxy groups -OCH3 is 2. The molecule has 0 aliphatic carbocycles. The van der Waals surface area contributed by atoms with Crippen molar-refractivity contribution in [1.29, 1.82) is 5.26 Å². The minimum Gasteiger partial charge on any atom is -0.489 e. The highest BCUT2D eigenvalue weighted by molar-refractivity contribution is 5.93. The molecule has 5 heterocycles. The number of nitriles is 1. The van der Waals surface area contributed by atoms with Crippen molar-refractivity contribution in [3.05, 3.63) is 54.2 Å². The fourth-order valence-corrected chi connectivity index (χ4v) is 5.13. The van der Waals surface area contributed by atoms with Gasteiger partial charge < -0.3 is 24.2 Å². The van der Waals surface area contributed by atoms with Gasteiger partial charge in [-0.15, -0.1) is 0 Å². The van der Waals surface area contributed by atoms with Crippen molar-refractivity contribution in [3.8, 4) is 34.7 Å². The number of ketones is 1. The minimum atomic E-state index is -1.01. The molecule has 12 nitrogen and oxygen atoms in total. The van der Waals surface area contributed by atoms with Gasteiger partial charge >= 0.3 is 0 Å². The highest BCUT2D eigenvalue weighted by Crippen LogP contribution is 2.37. The van der Waals surface area contributed by atoms with Crippen LogP contribution in [0.3, 0.4) is 0 Å². The number of rotatable bonds is 10. The summed E-state index contributed by atoms with van der Waals surface area (Å²) < 4.78 is 17.8. The number of aromatic nitrogens is 5. The Kier molecular flexibility index (Phi) is 8.19. The number of fused-ring (bicyclic) bond motifs is 1. The first-order chi connectivity index (χ1) is 20.5. The second kappa shape index (κ2) is 11.9. The molecule has 43 heavy (non-hydrogen) atoms. The van der Waals surface area contributed by atoms with Crippen LogP contribution in [-0.4, -0.2) is 75.0 Å². The largest absolute Gasteiger partial charge is 0.489 e. The first-order valence-electron chi connectivity index (χ1n) is 14.0. The maximum absolute atomic E-state index is 13.1. The van der Waals surface area contributed by atoms with Gasteiger partial charge in [-0.2, -0.15) is 20.3 Å². The summed E-state index contributed by atoms with van der Waals surface area (Å²) in [6, 6.07) is 9.51. The highest BCUT2D eigenvalue weighted by Gasteiger charge is 2.34. The molecule has 4 aromatic rings. The molecule has 0 bridgehead atoms. The fourth-order valence-electron chi connectivity index (χ4n) is 5.13. The molecule has 1 saturated heterocycles. The van der Waals surface area contributed by atoms with Crippen LogP contribution in [0.25, 0.3) is 16.6 Å². The topological polar surface area (TPSA) is 148 Å². The lowest BCUT2D eigenvalue weighted by Gasteiger charge is -2.39. The second-order valence-electron chi connectivity index (χ2n) is 11.7. The number of hydrogen-bond acceptors (Lipinski definition) is 11. The van der Waals surface area contributed by atoms with E-state index in [1.54, 1.807) is 36.8 Å². The maximum atomic E-state index is 13.1. The predicted octanol–water partition coefficient (Wildman–Crippen LogP) is 4.10. The maximum Gasteiger partial charge on any atom is 0.220 e. The number of nitrogens with zero attached hydrogens (tertiary/aromatic N) is 7. The van der Waals surface area contributed by atoms with Gasteiger partial charge in [-0.05, 0) is 50.3 Å². The molecule has 0 aromatic carbocycles. The Bertz CT molecular complexity index is 1640. The normalized spacial score (nSPS) is 14.8. The third kappa shape index (κ3) is 6.67. The van der Waals surface area contributed by atoms with Crippen LogP contribution in [0.5, 0.6) is 17.5 Å². The van der Waals surface area contributed by atoms with Crippen LogP contribution in [0.2, 0.25) is 0 Å². The van der Waals surface area contributed by atoms with Crippen molar-refractivity contribution in [2.75, 3.05) is 38.8 Å². The smallest absolute Gasteiger partial charge is 0.220 e. The van der Waals surface area contributed by atoms with E-state index in [-0.39, 0.29) is 35.4 Å². The zero-order chi connectivity index (χ0) is 30.8. The van der Waals surface area contributed by atoms with Gasteiger partial charge in [-0.25, -0.2) is 9.50 Å². The van der Waals surface area contributed by atoms with Crippen molar-refractivity contribution < 1.29 is 24.1 Å². The van der Waals surface area contributed by atoms with Crippen molar-refractivity contribution in [2.45, 2.75) is 45.6 Å². The quantitative estimate of drug-likeness (QED) is 0.268. The standard InChI is InChI=1S/C31H35N7O5/c1-30(2,40)19-43-22-12-23(28-21(15-32)17-34-38(28)18-22)20-6-7-25(33-16-20)37-10-8-31(3,9-11-37)14-24(39)29-35-26(41-4)13-27(36-29)42-5/h6-7,12-13,16-18,40H,8-11,14,19H2,1-5H3. The number of Topliss-reactive ketones (excluding diaryl/α,β-unsaturated/α-hetero) is 1. The Morgan fingerprint density at radius 1 is 1.12 bits per heavy atom. The van der Waals surface area contributed by atoms with Gasteiger partial charge in [0.2, 0.25) is 23.4 Å². The third-order valence-corrected chi connectivity index (χ3v) is 7.59. The molecule has 0 unspecified atom stereocenters. The number of ether oxygens (including phenoxy) is 3. The van der Waals surface area contributed by atoms with Crippen LogP contribution in [0.1, 0.15) is 56.2 Å². The summed E-state index contributed by atoms with van der Waals surface area (Å²) in [5, 5.41) is 24.1. The van der Waals surface area contributed by atoms with Crippen molar-refractivity contribution in [3.63, 3.8) is 0 Å². The van der Waals surface area contributed by atoms with Gasteiger partial charge in [0.05, 0.1) is 49.4 Å². The van der Waals surface area contributed by atoms with Crippen molar-refractivity contribution in [2.24, 2.45) is 5.41 Å². The summed E-state index contributed by atoms with van der Waals surface area (Å²) in [5.74, 6) is 1.87. The van der Waals surface area contributed by atoms with Gasteiger partial charge in [0.25, 0.3) is 0 Å². The molecule has 1 fully saturated rings. The van der Waals surface area contributed by atoms with E-state index in [0.29, 0.717) is 23.3 Å². The summed E-state index contributed by atoms with van der Waals surface area (Å²) >= 11 is 0. The van der Waals surface area contributed by atoms with E-state index >= 15 is 0 Å². The number of aliphatic hydroxyl groups is 1. The summed E-state index contributed by atoms with van der Waals surface area (Å²) in [6.45, 7) is 7.04. The van der Waals surface area contributed by atoms with Gasteiger partial charge in [0.1, 0.15) is 24.2 Å². The summed E-state index contributed by atoms with van der Waals surface area (Å²) in [6.07, 6.45) is 6.91. The van der Waals surface area contributed by atoms with Gasteiger partial charge in [-0.1, -0.05) is 6.92 Å². The summed E-state index contributed by atoms with van der Waals surface area (Å²) in [4.78, 5) is 28.5. The third-order valence-electron chi connectivity index (χ3n) is 7.59. The lowest BCUT2D eigenvalue weighted by molar-refractivity contribution is 0.0283. The van der Waals surface area contributed by atoms with E-state index in [0.717, 1.165) is 42.9 Å². The number of pyridine rings is 2. The Balaban J connectivity index is 1.30. The Morgan fingerprint density at radius 2 is 1.81 bits per heavy atom. The average molecular weight is 586 g/mol. The molecule has 1 aliphatic rings. The van der Waals surface area contributed by atoms with Crippen molar-refractivity contribution >= 4 is 17.1 Å². The first kappa shape index (κ1) is 29.7. The second-order valence-corrected chi connectivity index (χ2v) is 11.7. The SMILES string of the molecule is COc1cc(OC)nc(C(=O)CC2(C)CCN(c3ccc(-c4cc(OCC(C)(C)O)cn5ncc(C#N)c45)cn3)CC2)n1.